The van der Waals surface area contributed by atoms with Crippen LogP contribution in [0.1, 0.15) is 19.8 Å². The number of hydrogen-bond acceptors (Lipinski definition) is 3. The van der Waals surface area contributed by atoms with Crippen molar-refractivity contribution in [2.45, 2.75) is 19.8 Å². The molecule has 0 unspecified atom stereocenters. The van der Waals surface area contributed by atoms with Crippen LogP contribution in [-0.4, -0.2) is 49.1 Å². The van der Waals surface area contributed by atoms with Crippen molar-refractivity contribution in [3.63, 3.8) is 0 Å². The maximum Gasteiger partial charge on any atom is 0.0203 e. The molecule has 0 amide bonds. The number of nitrogens with one attached hydrogen (secondary N) is 1. The van der Waals surface area contributed by atoms with Crippen molar-refractivity contribution >= 4 is 11.8 Å². The van der Waals surface area contributed by atoms with Crippen LogP contribution >= 0.6 is 11.8 Å². The molecule has 0 saturated carbocycles. The van der Waals surface area contributed by atoms with Crippen LogP contribution in [-0.2, 0) is 0 Å². The summed E-state index contributed by atoms with van der Waals surface area (Å²) in [5.74, 6) is 2.62. The minimum atomic E-state index is 0.984. The van der Waals surface area contributed by atoms with Gasteiger partial charge in [0.15, 0.2) is 0 Å². The monoisotopic (exact) mass is 228 g/mol. The van der Waals surface area contributed by atoms with Crippen molar-refractivity contribution in [3.8, 4) is 0 Å². The minimum absolute atomic E-state index is 0.984. The first-order valence-corrected chi connectivity index (χ1v) is 7.16. The maximum atomic E-state index is 4.14. The Morgan fingerprint density at radius 3 is 3.07 bits per heavy atom. The molecule has 0 aliphatic carbocycles. The van der Waals surface area contributed by atoms with Crippen molar-refractivity contribution in [2.24, 2.45) is 0 Å². The zero-order valence-corrected chi connectivity index (χ0v) is 10.7. The quantitative estimate of drug-likeness (QED) is 0.553. The molecule has 1 saturated heterocycles. The van der Waals surface area contributed by atoms with Gasteiger partial charge in [-0.25, -0.2) is 0 Å². The summed E-state index contributed by atoms with van der Waals surface area (Å²) >= 11 is 2.08. The average molecular weight is 228 g/mol. The van der Waals surface area contributed by atoms with E-state index in [1.54, 1.807) is 0 Å². The van der Waals surface area contributed by atoms with Gasteiger partial charge in [-0.1, -0.05) is 13.5 Å². The van der Waals surface area contributed by atoms with Gasteiger partial charge >= 0.3 is 0 Å². The van der Waals surface area contributed by atoms with E-state index < -0.39 is 0 Å². The van der Waals surface area contributed by atoms with E-state index in [1.807, 2.05) is 0 Å². The van der Waals surface area contributed by atoms with Gasteiger partial charge < -0.3 is 5.32 Å². The Labute approximate surface area is 98.5 Å². The largest absolute Gasteiger partial charge is 0.313 e. The van der Waals surface area contributed by atoms with E-state index in [4.69, 9.17) is 0 Å². The molecule has 0 radical (unpaired) electrons. The fourth-order valence-corrected chi connectivity index (χ4v) is 2.69. The van der Waals surface area contributed by atoms with Crippen LogP contribution in [0.25, 0.3) is 0 Å². The van der Waals surface area contributed by atoms with Gasteiger partial charge in [-0.2, -0.15) is 11.8 Å². The Bertz CT molecular complexity index is 174. The minimum Gasteiger partial charge on any atom is -0.313 e. The number of nitrogens with zero attached hydrogens (tertiary/aromatic N) is 1. The van der Waals surface area contributed by atoms with Gasteiger partial charge in [-0.15, -0.1) is 0 Å². The normalized spacial score (nSPS) is 18.7. The Morgan fingerprint density at radius 2 is 2.27 bits per heavy atom. The van der Waals surface area contributed by atoms with Crippen molar-refractivity contribution in [3.05, 3.63) is 12.2 Å². The lowest BCUT2D eigenvalue weighted by molar-refractivity contribution is 0.318. The first kappa shape index (κ1) is 13.1. The number of hydrogen-bond donors (Lipinski definition) is 1. The van der Waals surface area contributed by atoms with Gasteiger partial charge in [0.1, 0.15) is 0 Å². The highest BCUT2D eigenvalue weighted by Gasteiger charge is 2.09. The molecule has 0 bridgehead atoms. The summed E-state index contributed by atoms with van der Waals surface area (Å²) in [6.45, 7) is 12.0. The fraction of sp³-hybridized carbons (Fsp3) is 0.833. The Morgan fingerprint density at radius 1 is 1.40 bits per heavy atom. The second kappa shape index (κ2) is 8.20. The van der Waals surface area contributed by atoms with E-state index in [2.05, 4.69) is 35.5 Å². The molecule has 1 rings (SSSR count). The topological polar surface area (TPSA) is 15.3 Å². The second-order valence-corrected chi connectivity index (χ2v) is 5.39. The summed E-state index contributed by atoms with van der Waals surface area (Å²) in [6.07, 6.45) is 2.54. The first-order valence-electron chi connectivity index (χ1n) is 6.00. The summed E-state index contributed by atoms with van der Waals surface area (Å²) in [5, 5.41) is 3.41. The van der Waals surface area contributed by atoms with Crippen LogP contribution < -0.4 is 5.32 Å². The average Bonchev–Trinajstić information content (AvgIpc) is 2.47. The molecule has 1 aliphatic rings. The van der Waals surface area contributed by atoms with Crippen molar-refractivity contribution in [1.29, 1.82) is 0 Å². The highest BCUT2D eigenvalue weighted by molar-refractivity contribution is 7.99. The lowest BCUT2D eigenvalue weighted by Gasteiger charge is -2.20. The second-order valence-electron chi connectivity index (χ2n) is 4.17. The van der Waals surface area contributed by atoms with E-state index in [0.29, 0.717) is 0 Å². The molecule has 0 aromatic heterocycles. The zero-order chi connectivity index (χ0) is 10.9. The summed E-state index contributed by atoms with van der Waals surface area (Å²) in [6, 6.07) is 0. The van der Waals surface area contributed by atoms with Crippen LogP contribution in [0.2, 0.25) is 0 Å². The Kier molecular flexibility index (Phi) is 7.14. The summed E-state index contributed by atoms with van der Waals surface area (Å²) < 4.78 is 0. The molecule has 0 aromatic rings. The van der Waals surface area contributed by atoms with E-state index in [-0.39, 0.29) is 0 Å². The van der Waals surface area contributed by atoms with E-state index in [1.165, 1.54) is 43.0 Å². The molecular weight excluding hydrogens is 204 g/mol. The molecule has 88 valence electrons. The molecule has 3 heteroatoms. The van der Waals surface area contributed by atoms with Gasteiger partial charge in [-0.05, 0) is 37.3 Å². The van der Waals surface area contributed by atoms with Gasteiger partial charge in [-0.3, -0.25) is 4.90 Å². The fourth-order valence-electron chi connectivity index (χ4n) is 1.77. The van der Waals surface area contributed by atoms with E-state index in [9.17, 15) is 0 Å². The van der Waals surface area contributed by atoms with Gasteiger partial charge in [0.25, 0.3) is 0 Å². The number of rotatable bonds is 6. The smallest absolute Gasteiger partial charge is 0.0203 e. The van der Waals surface area contributed by atoms with Crippen LogP contribution in [0, 0.1) is 0 Å². The third kappa shape index (κ3) is 6.23. The van der Waals surface area contributed by atoms with Crippen LogP contribution in [0.15, 0.2) is 12.2 Å². The van der Waals surface area contributed by atoms with Crippen molar-refractivity contribution in [2.75, 3.05) is 44.2 Å². The Hall–Kier alpha value is 0.0100. The predicted molar refractivity (Wildman–Crippen MR) is 70.7 cm³/mol. The SMILES string of the molecule is C=C(CNCCC)CN1CCCSCC1. The standard InChI is InChI=1S/C12H24N2S/c1-3-5-13-10-12(2)11-14-6-4-8-15-9-7-14/h13H,2-11H2,1H3. The summed E-state index contributed by atoms with van der Waals surface area (Å²) in [4.78, 5) is 2.54. The van der Waals surface area contributed by atoms with Crippen LogP contribution in [0.5, 0.6) is 0 Å². The highest BCUT2D eigenvalue weighted by Crippen LogP contribution is 2.10. The molecule has 1 N–H and O–H groups in total. The lowest BCUT2D eigenvalue weighted by atomic mass is 10.2. The molecule has 1 heterocycles. The molecule has 0 spiro atoms. The maximum absolute atomic E-state index is 4.14. The van der Waals surface area contributed by atoms with Crippen LogP contribution in [0.3, 0.4) is 0 Å². The zero-order valence-electron chi connectivity index (χ0n) is 9.93. The van der Waals surface area contributed by atoms with E-state index in [0.717, 1.165) is 19.6 Å². The first-order chi connectivity index (χ1) is 7.33. The molecule has 0 aromatic carbocycles. The molecule has 15 heavy (non-hydrogen) atoms. The molecule has 1 aliphatic heterocycles. The van der Waals surface area contributed by atoms with Crippen LogP contribution in [0.4, 0.5) is 0 Å². The van der Waals surface area contributed by atoms with Gasteiger partial charge in [0, 0.05) is 25.4 Å². The number of thioether (sulfide) groups is 1. The molecule has 2 nitrogen and oxygen atoms in total. The Balaban J connectivity index is 2.12. The summed E-state index contributed by atoms with van der Waals surface area (Å²) in [5.41, 5.74) is 1.33. The highest BCUT2D eigenvalue weighted by atomic mass is 32.2. The van der Waals surface area contributed by atoms with Crippen molar-refractivity contribution < 1.29 is 0 Å². The van der Waals surface area contributed by atoms with Crippen molar-refractivity contribution in [1.82, 2.24) is 10.2 Å². The molecular formula is C12H24N2S. The van der Waals surface area contributed by atoms with Gasteiger partial charge in [0.2, 0.25) is 0 Å². The van der Waals surface area contributed by atoms with E-state index >= 15 is 0 Å². The molecule has 0 atom stereocenters. The predicted octanol–water partition coefficient (Wildman–Crippen LogP) is 1.98. The summed E-state index contributed by atoms with van der Waals surface area (Å²) in [7, 11) is 0. The molecule has 1 fully saturated rings. The van der Waals surface area contributed by atoms with Gasteiger partial charge in [0.05, 0.1) is 0 Å². The third-order valence-corrected chi connectivity index (χ3v) is 3.61. The third-order valence-electron chi connectivity index (χ3n) is 2.56. The lowest BCUT2D eigenvalue weighted by Crippen LogP contribution is -2.31.